The molecule has 0 heterocycles. The summed E-state index contributed by atoms with van der Waals surface area (Å²) in [6, 6.07) is 0.214. The van der Waals surface area contributed by atoms with Crippen molar-refractivity contribution >= 4 is 23.8 Å². The van der Waals surface area contributed by atoms with E-state index < -0.39 is 11.9 Å². The number of carboxylic acids is 2. The lowest BCUT2D eigenvalue weighted by molar-refractivity contribution is -0.167. The Balaban J connectivity index is 0.775. The molecule has 0 aromatic heterocycles. The van der Waals surface area contributed by atoms with Crippen LogP contribution < -0.4 is 10.6 Å². The number of aliphatic hydroxyl groups is 2. The summed E-state index contributed by atoms with van der Waals surface area (Å²) in [6.07, 6.45) is 19.1. The van der Waals surface area contributed by atoms with Crippen molar-refractivity contribution in [3.05, 3.63) is 0 Å². The largest absolute Gasteiger partial charge is 0.481 e. The predicted octanol–water partition coefficient (Wildman–Crippen LogP) is 9.39. The molecule has 20 atom stereocenters. The van der Waals surface area contributed by atoms with Crippen LogP contribution in [-0.2, 0) is 19.2 Å². The molecule has 0 aliphatic heterocycles. The molecule has 0 spiro atoms. The van der Waals surface area contributed by atoms with Gasteiger partial charge in [0.25, 0.3) is 0 Å². The molecule has 0 aromatic carbocycles. The number of carbonyl (C=O) groups excluding carboxylic acids is 2. The number of carbonyl (C=O) groups is 4. The maximum absolute atomic E-state index is 13.3. The average Bonchev–Trinajstić information content (AvgIpc) is 3.77. The number of aliphatic carboxylic acids is 2. The van der Waals surface area contributed by atoms with Crippen molar-refractivity contribution in [2.75, 3.05) is 0 Å². The summed E-state index contributed by atoms with van der Waals surface area (Å²) in [4.78, 5) is 49.3. The van der Waals surface area contributed by atoms with Crippen molar-refractivity contribution in [1.29, 1.82) is 0 Å². The normalized spacial score (nSPS) is 47.3. The van der Waals surface area contributed by atoms with Gasteiger partial charge in [-0.3, -0.25) is 19.2 Å². The maximum atomic E-state index is 13.3. The minimum absolute atomic E-state index is 0.0270. The minimum Gasteiger partial charge on any atom is -0.481 e. The molecule has 8 aliphatic rings. The van der Waals surface area contributed by atoms with E-state index in [1.54, 1.807) is 0 Å². The zero-order valence-corrected chi connectivity index (χ0v) is 39.9. The monoisotopic (exact) mass is 879 g/mol. The fourth-order valence-corrected chi connectivity index (χ4v) is 18.8. The Bertz CT molecular complexity index is 1590. The van der Waals surface area contributed by atoms with Crippen LogP contribution in [0.3, 0.4) is 0 Å². The van der Waals surface area contributed by atoms with Crippen LogP contribution in [0.5, 0.6) is 0 Å². The number of aliphatic hydroxyl groups excluding tert-OH is 2. The highest BCUT2D eigenvalue weighted by atomic mass is 16.4. The van der Waals surface area contributed by atoms with Crippen LogP contribution in [0.4, 0.5) is 0 Å². The van der Waals surface area contributed by atoms with Gasteiger partial charge in [0.1, 0.15) is 0 Å². The molecule has 8 saturated carbocycles. The Morgan fingerprint density at radius 2 is 0.873 bits per heavy atom. The summed E-state index contributed by atoms with van der Waals surface area (Å²) in [6.45, 7) is 14.4. The lowest BCUT2D eigenvalue weighted by Crippen LogP contribution is -2.59. The first kappa shape index (κ1) is 47.3. The van der Waals surface area contributed by atoms with Crippen LogP contribution in [0.25, 0.3) is 0 Å². The highest BCUT2D eigenvalue weighted by Crippen LogP contribution is 2.70. The Hall–Kier alpha value is -2.20. The fraction of sp³-hybridized carbons (Fsp3) is 0.925. The Labute approximate surface area is 379 Å². The molecule has 10 heteroatoms. The lowest BCUT2D eigenvalue weighted by Gasteiger charge is -2.62. The zero-order chi connectivity index (χ0) is 45.2. The van der Waals surface area contributed by atoms with Crippen molar-refractivity contribution in [2.24, 2.45) is 92.7 Å². The zero-order valence-electron chi connectivity index (χ0n) is 39.9. The van der Waals surface area contributed by atoms with Gasteiger partial charge in [-0.25, -0.2) is 0 Å². The van der Waals surface area contributed by atoms with E-state index in [-0.39, 0.29) is 70.6 Å². The first-order valence-electron chi connectivity index (χ1n) is 26.2. The van der Waals surface area contributed by atoms with Crippen LogP contribution >= 0.6 is 0 Å². The van der Waals surface area contributed by atoms with Crippen LogP contribution in [-0.4, -0.2) is 68.5 Å². The van der Waals surface area contributed by atoms with Gasteiger partial charge in [-0.2, -0.15) is 0 Å². The van der Waals surface area contributed by atoms with Crippen molar-refractivity contribution in [1.82, 2.24) is 10.6 Å². The van der Waals surface area contributed by atoms with E-state index in [1.165, 1.54) is 0 Å². The van der Waals surface area contributed by atoms with Gasteiger partial charge in [-0.1, -0.05) is 41.5 Å². The van der Waals surface area contributed by atoms with Crippen LogP contribution in [0.15, 0.2) is 0 Å². The van der Waals surface area contributed by atoms with Gasteiger partial charge < -0.3 is 31.1 Å². The van der Waals surface area contributed by atoms with E-state index in [9.17, 15) is 39.6 Å². The van der Waals surface area contributed by atoms with Crippen molar-refractivity contribution < 1.29 is 39.6 Å². The van der Waals surface area contributed by atoms with Gasteiger partial charge in [0.15, 0.2) is 0 Å². The van der Waals surface area contributed by atoms with Gasteiger partial charge in [-0.15, -0.1) is 0 Å². The third-order valence-electron chi connectivity index (χ3n) is 22.1. The number of hydrogen-bond acceptors (Lipinski definition) is 6. The molecule has 6 unspecified atom stereocenters. The molecule has 0 radical (unpaired) electrons. The molecule has 8 aliphatic carbocycles. The quantitative estimate of drug-likeness (QED) is 0.100. The molecule has 0 bridgehead atoms. The van der Waals surface area contributed by atoms with Crippen LogP contribution in [0.2, 0.25) is 0 Å². The molecule has 0 aromatic rings. The third kappa shape index (κ3) is 8.67. The second-order valence-electron chi connectivity index (χ2n) is 24.8. The second-order valence-corrected chi connectivity index (χ2v) is 24.8. The number of fused-ring (bicyclic) bond motifs is 10. The number of rotatable bonds is 14. The lowest BCUT2D eigenvalue weighted by atomic mass is 9.43. The average molecular weight is 879 g/mol. The van der Waals surface area contributed by atoms with E-state index in [1.807, 2.05) is 0 Å². The summed E-state index contributed by atoms with van der Waals surface area (Å²) in [5, 5.41) is 49.1. The standard InChI is InChI=1S/C53H86N2O8/c1-30(10-16-46(60)61)36-12-14-38-48-40(20-24-52(36,38)5)50(3)22-18-34(26-32(50)28-42(48)56)54-44(58)8-7-9-45(59)55-35-19-23-51(4)33(27-35)29-43(57)49-39-15-13-37(31(2)11-17-47(62)63)53(39,6)25-21-41(49)51/h30-43,48-49,56-57H,7-29H2,1-6H3,(H,54,58)(H,55,59)(H,60,61)(H,62,63)/t30-,31-,32?,33?,34?,35?,36-,37-,38-,39-,40-,41-,42+,43+,48?,49?,50+,51+,52-,53-/m1/s1. The van der Waals surface area contributed by atoms with Gasteiger partial charge in [0.05, 0.1) is 12.2 Å². The van der Waals surface area contributed by atoms with E-state index >= 15 is 0 Å². The van der Waals surface area contributed by atoms with E-state index in [4.69, 9.17) is 0 Å². The van der Waals surface area contributed by atoms with Crippen molar-refractivity contribution in [3.8, 4) is 0 Å². The SMILES string of the molecule is C[C@H](CCC(=O)O)[C@H]1CC[C@@H]2C3[C@@H](CC[C@@]21C)[C@@]1(C)CCC(NC(=O)CCCC(=O)NC2CC[C@@]4(C)C(C2)C[C@H](O)C2[C@H]5CC[C@H]([C@H](C)CCC(=O)O)[C@@]5(C)CC[C@H]24)CC1C[C@@H]3O. The molecular weight excluding hydrogens is 793 g/mol. The van der Waals surface area contributed by atoms with E-state index in [0.29, 0.717) is 90.3 Å². The highest BCUT2D eigenvalue weighted by molar-refractivity contribution is 5.79. The molecule has 6 N–H and O–H groups in total. The Morgan fingerprint density at radius 1 is 0.508 bits per heavy atom. The molecule has 63 heavy (non-hydrogen) atoms. The molecule has 10 nitrogen and oxygen atoms in total. The fourth-order valence-electron chi connectivity index (χ4n) is 18.8. The number of nitrogens with one attached hydrogen (secondary N) is 2. The Kier molecular flexibility index (Phi) is 13.6. The Morgan fingerprint density at radius 3 is 1.25 bits per heavy atom. The molecule has 356 valence electrons. The molecule has 8 fully saturated rings. The summed E-state index contributed by atoms with van der Waals surface area (Å²) < 4.78 is 0. The maximum Gasteiger partial charge on any atom is 0.303 e. The van der Waals surface area contributed by atoms with Crippen molar-refractivity contribution in [2.45, 2.75) is 214 Å². The summed E-state index contributed by atoms with van der Waals surface area (Å²) in [7, 11) is 0. The minimum atomic E-state index is -0.709. The van der Waals surface area contributed by atoms with Gasteiger partial charge >= 0.3 is 11.9 Å². The topological polar surface area (TPSA) is 173 Å². The van der Waals surface area contributed by atoms with Crippen LogP contribution in [0, 0.1) is 92.7 Å². The van der Waals surface area contributed by atoms with Gasteiger partial charge in [0, 0.05) is 37.8 Å². The smallest absolute Gasteiger partial charge is 0.303 e. The second kappa shape index (κ2) is 18.1. The number of amides is 2. The molecule has 2 amide bonds. The summed E-state index contributed by atoms with van der Waals surface area (Å²) in [5.74, 6) is 3.77. The molecule has 8 rings (SSSR count). The summed E-state index contributed by atoms with van der Waals surface area (Å²) >= 11 is 0. The third-order valence-corrected chi connectivity index (χ3v) is 22.1. The van der Waals surface area contributed by atoms with Crippen LogP contribution in [0.1, 0.15) is 189 Å². The first-order valence-corrected chi connectivity index (χ1v) is 26.2. The van der Waals surface area contributed by atoms with Crippen molar-refractivity contribution in [3.63, 3.8) is 0 Å². The molecule has 0 saturated heterocycles. The predicted molar refractivity (Wildman–Crippen MR) is 243 cm³/mol. The highest BCUT2D eigenvalue weighted by Gasteiger charge is 2.65. The first-order chi connectivity index (χ1) is 29.8. The van der Waals surface area contributed by atoms with E-state index in [0.717, 1.165) is 116 Å². The number of carboxylic acid groups (broad SMARTS) is 2. The van der Waals surface area contributed by atoms with Gasteiger partial charge in [-0.05, 0) is 215 Å². The number of hydrogen-bond donors (Lipinski definition) is 6. The van der Waals surface area contributed by atoms with Gasteiger partial charge in [0.2, 0.25) is 11.8 Å². The van der Waals surface area contributed by atoms with E-state index in [2.05, 4.69) is 52.2 Å². The molecular formula is C53H86N2O8. The summed E-state index contributed by atoms with van der Waals surface area (Å²) in [5.41, 5.74) is 0.650.